The molecular formula is C23H26N6O3. The van der Waals surface area contributed by atoms with Gasteiger partial charge in [-0.15, -0.1) is 0 Å². The lowest BCUT2D eigenvalue weighted by Crippen LogP contribution is -2.33. The Morgan fingerprint density at radius 3 is 2.69 bits per heavy atom. The second-order valence-electron chi connectivity index (χ2n) is 8.58. The summed E-state index contributed by atoms with van der Waals surface area (Å²) in [6.07, 6.45) is 3.00. The van der Waals surface area contributed by atoms with Crippen molar-refractivity contribution < 1.29 is 13.9 Å². The van der Waals surface area contributed by atoms with Crippen molar-refractivity contribution in [2.75, 3.05) is 25.1 Å². The maximum atomic E-state index is 12.3. The molecule has 0 spiro atoms. The SMILES string of the molecule is CNc1ncc(-c2nc3cc(CN(C)C(=O)OC(C)(C)C)ccc3o2)c2cc(N)ncc12. The van der Waals surface area contributed by atoms with Crippen molar-refractivity contribution in [1.29, 1.82) is 0 Å². The monoisotopic (exact) mass is 434 g/mol. The minimum atomic E-state index is -0.547. The molecule has 0 unspecified atom stereocenters. The predicted molar refractivity (Wildman–Crippen MR) is 124 cm³/mol. The number of carbonyl (C=O) groups excluding carboxylic acids is 1. The van der Waals surface area contributed by atoms with Gasteiger partial charge in [0.05, 0.1) is 5.56 Å². The number of fused-ring (bicyclic) bond motifs is 2. The zero-order chi connectivity index (χ0) is 23.0. The van der Waals surface area contributed by atoms with Crippen LogP contribution in [-0.2, 0) is 11.3 Å². The molecule has 0 radical (unpaired) electrons. The highest BCUT2D eigenvalue weighted by Gasteiger charge is 2.20. The van der Waals surface area contributed by atoms with Crippen molar-refractivity contribution in [1.82, 2.24) is 19.9 Å². The van der Waals surface area contributed by atoms with E-state index in [1.54, 1.807) is 32.6 Å². The van der Waals surface area contributed by atoms with E-state index in [1.807, 2.05) is 39.0 Å². The molecule has 9 heteroatoms. The normalized spacial score (nSPS) is 11.7. The zero-order valence-electron chi connectivity index (χ0n) is 18.8. The Bertz CT molecular complexity index is 1310. The van der Waals surface area contributed by atoms with E-state index in [1.165, 1.54) is 4.90 Å². The Morgan fingerprint density at radius 1 is 1.19 bits per heavy atom. The van der Waals surface area contributed by atoms with Crippen LogP contribution in [0, 0.1) is 0 Å². The van der Waals surface area contributed by atoms with Crippen molar-refractivity contribution in [3.63, 3.8) is 0 Å². The number of pyridine rings is 2. The number of hydrogen-bond donors (Lipinski definition) is 2. The van der Waals surface area contributed by atoms with E-state index in [4.69, 9.17) is 14.9 Å². The van der Waals surface area contributed by atoms with Crippen LogP contribution in [-0.4, -0.2) is 45.6 Å². The summed E-state index contributed by atoms with van der Waals surface area (Å²) in [6, 6.07) is 7.43. The molecule has 3 N–H and O–H groups in total. The third-order valence-electron chi connectivity index (χ3n) is 4.84. The molecule has 9 nitrogen and oxygen atoms in total. The summed E-state index contributed by atoms with van der Waals surface area (Å²) in [5, 5.41) is 4.72. The number of hydrogen-bond acceptors (Lipinski definition) is 8. The summed E-state index contributed by atoms with van der Waals surface area (Å²) in [5.41, 5.74) is 8.32. The highest BCUT2D eigenvalue weighted by atomic mass is 16.6. The lowest BCUT2D eigenvalue weighted by atomic mass is 10.1. The first-order valence-corrected chi connectivity index (χ1v) is 10.2. The summed E-state index contributed by atoms with van der Waals surface area (Å²) in [7, 11) is 3.50. The third kappa shape index (κ3) is 4.27. The number of ether oxygens (including phenoxy) is 1. The summed E-state index contributed by atoms with van der Waals surface area (Å²) in [4.78, 5) is 27.1. The first-order valence-electron chi connectivity index (χ1n) is 10.2. The fourth-order valence-corrected chi connectivity index (χ4v) is 3.39. The number of aromatic nitrogens is 3. The number of amides is 1. The molecule has 0 aliphatic carbocycles. The maximum absolute atomic E-state index is 12.3. The number of rotatable bonds is 4. The van der Waals surface area contributed by atoms with E-state index in [0.717, 1.165) is 21.9 Å². The Labute approximate surface area is 185 Å². The van der Waals surface area contributed by atoms with E-state index in [-0.39, 0.29) is 6.09 Å². The van der Waals surface area contributed by atoms with Gasteiger partial charge in [-0.05, 0) is 44.5 Å². The van der Waals surface area contributed by atoms with Crippen LogP contribution in [0.5, 0.6) is 0 Å². The molecule has 0 saturated carbocycles. The molecule has 0 bridgehead atoms. The van der Waals surface area contributed by atoms with E-state index in [0.29, 0.717) is 35.2 Å². The van der Waals surface area contributed by atoms with Crippen LogP contribution in [0.1, 0.15) is 26.3 Å². The van der Waals surface area contributed by atoms with Crippen LogP contribution >= 0.6 is 0 Å². The minimum absolute atomic E-state index is 0.383. The van der Waals surface area contributed by atoms with Crippen LogP contribution in [0.25, 0.3) is 33.3 Å². The predicted octanol–water partition coefficient (Wildman–Crippen LogP) is 4.43. The van der Waals surface area contributed by atoms with Crippen molar-refractivity contribution in [3.8, 4) is 11.5 Å². The second-order valence-corrected chi connectivity index (χ2v) is 8.58. The summed E-state index contributed by atoms with van der Waals surface area (Å²) >= 11 is 0. The molecule has 1 amide bonds. The number of nitrogens with one attached hydrogen (secondary N) is 1. The van der Waals surface area contributed by atoms with Gasteiger partial charge in [-0.1, -0.05) is 6.07 Å². The van der Waals surface area contributed by atoms with Crippen molar-refractivity contribution >= 4 is 39.6 Å². The number of nitrogens with two attached hydrogens (primary N) is 1. The van der Waals surface area contributed by atoms with Gasteiger partial charge in [0.25, 0.3) is 0 Å². The molecule has 32 heavy (non-hydrogen) atoms. The molecule has 4 rings (SSSR count). The fraction of sp³-hybridized carbons (Fsp3) is 0.304. The Hall–Kier alpha value is -3.88. The standard InChI is InChI=1S/C23H26N6O3/c1-23(2,3)32-22(30)29(5)12-13-6-7-18-17(8-13)28-21(31-18)16-11-27-20(25-4)15-10-26-19(24)9-14(15)16/h6-11H,12H2,1-5H3,(H2,24,26)(H,25,27). The topological polar surface area (TPSA) is 119 Å². The summed E-state index contributed by atoms with van der Waals surface area (Å²) < 4.78 is 11.4. The Balaban J connectivity index is 1.67. The van der Waals surface area contributed by atoms with Gasteiger partial charge >= 0.3 is 6.09 Å². The van der Waals surface area contributed by atoms with Crippen LogP contribution in [0.4, 0.5) is 16.4 Å². The quantitative estimate of drug-likeness (QED) is 0.484. The molecule has 0 fully saturated rings. The molecule has 166 valence electrons. The average molecular weight is 435 g/mol. The number of nitrogen functional groups attached to an aromatic ring is 1. The van der Waals surface area contributed by atoms with E-state index in [2.05, 4.69) is 20.3 Å². The average Bonchev–Trinajstić information content (AvgIpc) is 3.14. The minimum Gasteiger partial charge on any atom is -0.444 e. The van der Waals surface area contributed by atoms with Gasteiger partial charge in [0, 0.05) is 43.8 Å². The van der Waals surface area contributed by atoms with Crippen LogP contribution in [0.2, 0.25) is 0 Å². The van der Waals surface area contributed by atoms with Gasteiger partial charge in [0.15, 0.2) is 5.58 Å². The molecule has 1 aromatic carbocycles. The van der Waals surface area contributed by atoms with E-state index in [9.17, 15) is 4.79 Å². The van der Waals surface area contributed by atoms with Crippen LogP contribution < -0.4 is 11.1 Å². The largest absolute Gasteiger partial charge is 0.444 e. The molecule has 3 heterocycles. The van der Waals surface area contributed by atoms with Gasteiger partial charge in [-0.25, -0.2) is 19.7 Å². The molecule has 0 saturated heterocycles. The lowest BCUT2D eigenvalue weighted by molar-refractivity contribution is 0.0285. The van der Waals surface area contributed by atoms with Crippen LogP contribution in [0.3, 0.4) is 0 Å². The maximum Gasteiger partial charge on any atom is 0.410 e. The molecule has 0 aliphatic rings. The van der Waals surface area contributed by atoms with Gasteiger partial charge in [-0.2, -0.15) is 0 Å². The highest BCUT2D eigenvalue weighted by Crippen LogP contribution is 2.33. The van der Waals surface area contributed by atoms with Crippen molar-refractivity contribution in [3.05, 3.63) is 42.2 Å². The second kappa shape index (κ2) is 7.99. The summed E-state index contributed by atoms with van der Waals surface area (Å²) in [6.45, 7) is 5.91. The Morgan fingerprint density at radius 2 is 1.97 bits per heavy atom. The zero-order valence-corrected chi connectivity index (χ0v) is 18.8. The number of oxazole rings is 1. The molecule has 3 aromatic heterocycles. The Kier molecular flexibility index (Phi) is 5.33. The van der Waals surface area contributed by atoms with Gasteiger partial charge in [-0.3, -0.25) is 0 Å². The fourth-order valence-electron chi connectivity index (χ4n) is 3.39. The molecule has 0 atom stereocenters. The van der Waals surface area contributed by atoms with E-state index >= 15 is 0 Å². The van der Waals surface area contributed by atoms with Gasteiger partial charge < -0.3 is 25.1 Å². The number of anilines is 2. The summed E-state index contributed by atoms with van der Waals surface area (Å²) in [5.74, 6) is 1.53. The first-order chi connectivity index (χ1) is 15.1. The highest BCUT2D eigenvalue weighted by molar-refractivity contribution is 6.01. The third-order valence-corrected chi connectivity index (χ3v) is 4.84. The lowest BCUT2D eigenvalue weighted by Gasteiger charge is -2.24. The van der Waals surface area contributed by atoms with Crippen molar-refractivity contribution in [2.24, 2.45) is 0 Å². The number of nitrogens with zero attached hydrogens (tertiary/aromatic N) is 4. The first kappa shape index (κ1) is 21.4. The van der Waals surface area contributed by atoms with E-state index < -0.39 is 5.60 Å². The number of benzene rings is 1. The molecule has 4 aromatic rings. The molecule has 0 aliphatic heterocycles. The smallest absolute Gasteiger partial charge is 0.410 e. The molecular weight excluding hydrogens is 408 g/mol. The van der Waals surface area contributed by atoms with Crippen LogP contribution in [0.15, 0.2) is 41.1 Å². The number of carbonyl (C=O) groups is 1. The van der Waals surface area contributed by atoms with Gasteiger partial charge in [0.1, 0.15) is 22.8 Å². The van der Waals surface area contributed by atoms with Crippen molar-refractivity contribution in [2.45, 2.75) is 32.9 Å². The van der Waals surface area contributed by atoms with Gasteiger partial charge in [0.2, 0.25) is 5.89 Å².